The Morgan fingerprint density at radius 2 is 2.21 bits per heavy atom. The third-order valence-corrected chi connectivity index (χ3v) is 6.48. The number of thiophene rings is 1. The molecule has 0 bridgehead atoms. The molecule has 130 valence electrons. The van der Waals surface area contributed by atoms with Crippen LogP contribution in [-0.2, 0) is 22.4 Å². The molecule has 0 N–H and O–H groups in total. The monoisotopic (exact) mass is 364 g/mol. The maximum Gasteiger partial charge on any atom is 0.319 e. The molecule has 1 aliphatic carbocycles. The normalized spacial score (nSPS) is 18.6. The van der Waals surface area contributed by atoms with Crippen molar-refractivity contribution in [3.05, 3.63) is 16.8 Å². The van der Waals surface area contributed by atoms with Crippen molar-refractivity contribution in [2.24, 2.45) is 11.8 Å². The van der Waals surface area contributed by atoms with Crippen LogP contribution >= 0.6 is 23.1 Å². The first-order valence-electron chi connectivity index (χ1n) is 8.54. The lowest BCUT2D eigenvalue weighted by Gasteiger charge is -2.18. The summed E-state index contributed by atoms with van der Waals surface area (Å²) in [6, 6.07) is 0. The smallest absolute Gasteiger partial charge is 0.319 e. The Morgan fingerprint density at radius 3 is 2.96 bits per heavy atom. The molecule has 1 aliphatic rings. The molecule has 0 aliphatic heterocycles. The van der Waals surface area contributed by atoms with E-state index in [9.17, 15) is 4.79 Å². The lowest BCUT2D eigenvalue weighted by molar-refractivity contribution is -0.143. The van der Waals surface area contributed by atoms with Crippen molar-refractivity contribution in [1.82, 2.24) is 9.97 Å². The molecule has 24 heavy (non-hydrogen) atoms. The number of esters is 1. The summed E-state index contributed by atoms with van der Waals surface area (Å²) in [5.41, 5.74) is 1.40. The zero-order valence-corrected chi connectivity index (χ0v) is 16.3. The standard InChI is InChI=1S/C18H24N2O2S2/c1-10(2)8-22-18(21)12(4)23-16-15-13-6-5-11(3)7-14(13)24-17(15)20-9-19-16/h9-12H,5-8H2,1-4H3/t11-,12+/m0/s1. The van der Waals surface area contributed by atoms with Gasteiger partial charge in [0.05, 0.1) is 6.61 Å². The molecular weight excluding hydrogens is 340 g/mol. The van der Waals surface area contributed by atoms with Gasteiger partial charge in [0.1, 0.15) is 21.4 Å². The number of fused-ring (bicyclic) bond motifs is 3. The van der Waals surface area contributed by atoms with Crippen molar-refractivity contribution in [2.75, 3.05) is 6.61 Å². The van der Waals surface area contributed by atoms with E-state index < -0.39 is 0 Å². The largest absolute Gasteiger partial charge is 0.465 e. The molecule has 2 aromatic rings. The Kier molecular flexibility index (Phi) is 5.45. The maximum atomic E-state index is 12.2. The number of hydrogen-bond donors (Lipinski definition) is 0. The Morgan fingerprint density at radius 1 is 1.42 bits per heavy atom. The fraction of sp³-hybridized carbons (Fsp3) is 0.611. The van der Waals surface area contributed by atoms with Crippen LogP contribution in [0.1, 0.15) is 44.6 Å². The number of ether oxygens (including phenoxy) is 1. The van der Waals surface area contributed by atoms with E-state index in [1.54, 1.807) is 17.7 Å². The van der Waals surface area contributed by atoms with Crippen LogP contribution in [0.2, 0.25) is 0 Å². The molecule has 2 aromatic heterocycles. The van der Waals surface area contributed by atoms with Crippen LogP contribution in [0, 0.1) is 11.8 Å². The van der Waals surface area contributed by atoms with E-state index in [1.165, 1.54) is 28.6 Å². The van der Waals surface area contributed by atoms with Gasteiger partial charge in [-0.15, -0.1) is 11.3 Å². The van der Waals surface area contributed by atoms with Gasteiger partial charge in [0, 0.05) is 10.3 Å². The minimum atomic E-state index is -0.264. The van der Waals surface area contributed by atoms with E-state index in [1.807, 2.05) is 20.8 Å². The van der Waals surface area contributed by atoms with Crippen molar-refractivity contribution in [3.8, 4) is 0 Å². The highest BCUT2D eigenvalue weighted by atomic mass is 32.2. The molecule has 0 saturated carbocycles. The maximum absolute atomic E-state index is 12.2. The van der Waals surface area contributed by atoms with Gasteiger partial charge in [0.2, 0.25) is 0 Å². The molecule has 2 atom stereocenters. The van der Waals surface area contributed by atoms with E-state index in [0.717, 1.165) is 34.0 Å². The quantitative estimate of drug-likeness (QED) is 0.444. The Hall–Kier alpha value is -1.14. The number of rotatable bonds is 5. The molecule has 0 unspecified atom stereocenters. The molecule has 3 rings (SSSR count). The van der Waals surface area contributed by atoms with Crippen LogP contribution in [0.5, 0.6) is 0 Å². The summed E-state index contributed by atoms with van der Waals surface area (Å²) in [7, 11) is 0. The van der Waals surface area contributed by atoms with E-state index in [0.29, 0.717) is 12.5 Å². The van der Waals surface area contributed by atoms with Crippen molar-refractivity contribution < 1.29 is 9.53 Å². The van der Waals surface area contributed by atoms with E-state index in [2.05, 4.69) is 16.9 Å². The van der Waals surface area contributed by atoms with Gasteiger partial charge in [-0.25, -0.2) is 9.97 Å². The second-order valence-electron chi connectivity index (χ2n) is 6.99. The summed E-state index contributed by atoms with van der Waals surface area (Å²) in [5.74, 6) is 0.917. The highest BCUT2D eigenvalue weighted by molar-refractivity contribution is 8.00. The number of aryl methyl sites for hydroxylation is 1. The average molecular weight is 365 g/mol. The van der Waals surface area contributed by atoms with Gasteiger partial charge in [-0.05, 0) is 43.6 Å². The number of nitrogens with zero attached hydrogens (tertiary/aromatic N) is 2. The molecule has 0 aromatic carbocycles. The van der Waals surface area contributed by atoms with Crippen molar-refractivity contribution in [3.63, 3.8) is 0 Å². The van der Waals surface area contributed by atoms with E-state index >= 15 is 0 Å². The van der Waals surface area contributed by atoms with Gasteiger partial charge in [-0.3, -0.25) is 4.79 Å². The van der Waals surface area contributed by atoms with Gasteiger partial charge in [-0.2, -0.15) is 0 Å². The SMILES string of the molecule is CC(C)COC(=O)[C@@H](C)Sc1ncnc2sc3c(c12)CC[C@H](C)C3. The number of thioether (sulfide) groups is 1. The summed E-state index contributed by atoms with van der Waals surface area (Å²) in [4.78, 5) is 23.6. The van der Waals surface area contributed by atoms with Crippen molar-refractivity contribution in [1.29, 1.82) is 0 Å². The Bertz CT molecular complexity index is 742. The topological polar surface area (TPSA) is 52.1 Å². The zero-order chi connectivity index (χ0) is 17.3. The van der Waals surface area contributed by atoms with Crippen LogP contribution < -0.4 is 0 Å². The first kappa shape index (κ1) is 17.7. The Labute approximate surface area is 151 Å². The molecule has 4 nitrogen and oxygen atoms in total. The van der Waals surface area contributed by atoms with Crippen molar-refractivity contribution >= 4 is 39.3 Å². The third-order valence-electron chi connectivity index (χ3n) is 4.24. The molecule has 6 heteroatoms. The fourth-order valence-corrected chi connectivity index (χ4v) is 5.28. The first-order valence-corrected chi connectivity index (χ1v) is 10.2. The third kappa shape index (κ3) is 3.75. The number of aromatic nitrogens is 2. The minimum Gasteiger partial charge on any atom is -0.465 e. The van der Waals surface area contributed by atoms with Crippen molar-refractivity contribution in [2.45, 2.75) is 57.2 Å². The van der Waals surface area contributed by atoms with E-state index in [-0.39, 0.29) is 11.2 Å². The van der Waals surface area contributed by atoms with E-state index in [4.69, 9.17) is 4.74 Å². The zero-order valence-electron chi connectivity index (χ0n) is 14.7. The molecule has 2 heterocycles. The van der Waals surface area contributed by atoms with Crippen LogP contribution in [0.4, 0.5) is 0 Å². The minimum absolute atomic E-state index is 0.168. The second kappa shape index (κ2) is 7.40. The summed E-state index contributed by atoms with van der Waals surface area (Å²) in [6.07, 6.45) is 5.04. The summed E-state index contributed by atoms with van der Waals surface area (Å²) < 4.78 is 5.36. The van der Waals surface area contributed by atoms with Crippen LogP contribution in [0.25, 0.3) is 10.2 Å². The molecule has 0 amide bonds. The second-order valence-corrected chi connectivity index (χ2v) is 9.41. The number of carbonyl (C=O) groups is 1. The molecule has 0 radical (unpaired) electrons. The highest BCUT2D eigenvalue weighted by Crippen LogP contribution is 2.41. The predicted octanol–water partition coefficient (Wildman–Crippen LogP) is 4.50. The fourth-order valence-electron chi connectivity index (χ4n) is 2.92. The molecular formula is C18H24N2O2S2. The average Bonchev–Trinajstić information content (AvgIpc) is 2.90. The first-order chi connectivity index (χ1) is 11.5. The predicted molar refractivity (Wildman–Crippen MR) is 99.7 cm³/mol. The molecule has 0 fully saturated rings. The summed E-state index contributed by atoms with van der Waals surface area (Å²) in [5, 5.41) is 1.82. The highest BCUT2D eigenvalue weighted by Gasteiger charge is 2.25. The van der Waals surface area contributed by atoms with Gasteiger partial charge in [0.15, 0.2) is 0 Å². The number of carbonyl (C=O) groups excluding carboxylic acids is 1. The van der Waals surface area contributed by atoms with Gasteiger partial charge >= 0.3 is 5.97 Å². The van der Waals surface area contributed by atoms with Gasteiger partial charge in [-0.1, -0.05) is 32.5 Å². The summed E-state index contributed by atoms with van der Waals surface area (Å²) in [6.45, 7) is 8.74. The van der Waals surface area contributed by atoms with Crippen LogP contribution in [-0.4, -0.2) is 27.8 Å². The lowest BCUT2D eigenvalue weighted by Crippen LogP contribution is -2.19. The van der Waals surface area contributed by atoms with Crippen LogP contribution in [0.3, 0.4) is 0 Å². The van der Waals surface area contributed by atoms with Gasteiger partial charge < -0.3 is 4.74 Å². The Balaban J connectivity index is 1.83. The van der Waals surface area contributed by atoms with Gasteiger partial charge in [0.25, 0.3) is 0 Å². The summed E-state index contributed by atoms with van der Waals surface area (Å²) >= 11 is 3.28. The lowest BCUT2D eigenvalue weighted by atomic mass is 9.89. The van der Waals surface area contributed by atoms with Crippen LogP contribution in [0.15, 0.2) is 11.4 Å². The molecule has 0 saturated heterocycles. The number of hydrogen-bond acceptors (Lipinski definition) is 6. The molecule has 0 spiro atoms.